The SMILES string of the molecule is [B]c1ccc2c(C(F)(F)F)c(OC3CCC(C)CC3)ccc2c1. The average molecular weight is 318 g/mol. The summed E-state index contributed by atoms with van der Waals surface area (Å²) in [5.41, 5.74) is -0.255. The van der Waals surface area contributed by atoms with Crippen molar-refractivity contribution in [3.63, 3.8) is 0 Å². The molecule has 1 fully saturated rings. The van der Waals surface area contributed by atoms with Gasteiger partial charge in [0.05, 0.1) is 6.10 Å². The molecular formula is C18H18BF3O. The molecule has 1 nitrogen and oxygen atoms in total. The van der Waals surface area contributed by atoms with Crippen LogP contribution in [0.5, 0.6) is 5.75 Å². The Kier molecular flexibility index (Phi) is 4.30. The second-order valence-electron chi connectivity index (χ2n) is 6.42. The summed E-state index contributed by atoms with van der Waals surface area (Å²) in [6.07, 6.45) is -1.01. The highest BCUT2D eigenvalue weighted by Crippen LogP contribution is 2.42. The maximum atomic E-state index is 13.6. The first kappa shape index (κ1) is 16.2. The van der Waals surface area contributed by atoms with Crippen LogP contribution < -0.4 is 10.2 Å². The molecule has 2 aromatic carbocycles. The lowest BCUT2D eigenvalue weighted by atomic mass is 9.88. The molecule has 0 spiro atoms. The Bertz CT molecular complexity index is 703. The molecule has 0 aromatic heterocycles. The number of fused-ring (bicyclic) bond motifs is 1. The Labute approximate surface area is 135 Å². The van der Waals surface area contributed by atoms with E-state index in [1.807, 2.05) is 0 Å². The molecule has 5 heteroatoms. The monoisotopic (exact) mass is 318 g/mol. The first-order valence-electron chi connectivity index (χ1n) is 7.90. The van der Waals surface area contributed by atoms with Crippen molar-refractivity contribution in [2.75, 3.05) is 0 Å². The first-order valence-corrected chi connectivity index (χ1v) is 7.90. The van der Waals surface area contributed by atoms with Crippen molar-refractivity contribution >= 4 is 24.1 Å². The summed E-state index contributed by atoms with van der Waals surface area (Å²) in [6.45, 7) is 2.16. The maximum absolute atomic E-state index is 13.6. The Hall–Kier alpha value is -1.65. The molecule has 0 aliphatic heterocycles. The van der Waals surface area contributed by atoms with Crippen molar-refractivity contribution in [2.24, 2.45) is 5.92 Å². The molecule has 3 rings (SSSR count). The van der Waals surface area contributed by atoms with Crippen LogP contribution in [0.2, 0.25) is 0 Å². The van der Waals surface area contributed by atoms with E-state index in [0.717, 1.165) is 25.7 Å². The number of ether oxygens (including phenoxy) is 1. The van der Waals surface area contributed by atoms with Gasteiger partial charge in [-0.2, -0.15) is 13.2 Å². The molecule has 0 unspecified atom stereocenters. The highest BCUT2D eigenvalue weighted by molar-refractivity contribution is 6.33. The minimum atomic E-state index is -4.47. The zero-order valence-corrected chi connectivity index (χ0v) is 13.0. The number of alkyl halides is 3. The molecule has 0 amide bonds. The van der Waals surface area contributed by atoms with Gasteiger partial charge < -0.3 is 4.74 Å². The van der Waals surface area contributed by atoms with E-state index in [1.165, 1.54) is 18.2 Å². The predicted octanol–water partition coefficient (Wildman–Crippen LogP) is 4.61. The van der Waals surface area contributed by atoms with Gasteiger partial charge in [0.1, 0.15) is 19.2 Å². The van der Waals surface area contributed by atoms with Gasteiger partial charge >= 0.3 is 6.18 Å². The number of hydrogen-bond donors (Lipinski definition) is 0. The van der Waals surface area contributed by atoms with Gasteiger partial charge in [-0.25, -0.2) is 0 Å². The third-order valence-electron chi connectivity index (χ3n) is 4.55. The summed E-state index contributed by atoms with van der Waals surface area (Å²) in [7, 11) is 5.67. The molecule has 2 aromatic rings. The van der Waals surface area contributed by atoms with Gasteiger partial charge in [-0.3, -0.25) is 0 Å². The minimum Gasteiger partial charge on any atom is -0.490 e. The molecule has 1 saturated carbocycles. The smallest absolute Gasteiger partial charge is 0.420 e. The topological polar surface area (TPSA) is 9.23 Å². The molecule has 0 atom stereocenters. The normalized spacial score (nSPS) is 22.3. The minimum absolute atomic E-state index is 0.0747. The van der Waals surface area contributed by atoms with E-state index in [9.17, 15) is 13.2 Å². The van der Waals surface area contributed by atoms with Gasteiger partial charge in [0.15, 0.2) is 0 Å². The van der Waals surface area contributed by atoms with Crippen LogP contribution in [0.15, 0.2) is 30.3 Å². The first-order chi connectivity index (χ1) is 10.8. The summed E-state index contributed by atoms with van der Waals surface area (Å²) in [6, 6.07) is 7.52. The molecule has 0 bridgehead atoms. The Balaban J connectivity index is 2.01. The quantitative estimate of drug-likeness (QED) is 0.735. The van der Waals surface area contributed by atoms with Gasteiger partial charge in [0.2, 0.25) is 0 Å². The highest BCUT2D eigenvalue weighted by Gasteiger charge is 2.37. The van der Waals surface area contributed by atoms with Gasteiger partial charge in [0, 0.05) is 0 Å². The third-order valence-corrected chi connectivity index (χ3v) is 4.55. The van der Waals surface area contributed by atoms with Crippen molar-refractivity contribution in [1.29, 1.82) is 0 Å². The van der Waals surface area contributed by atoms with Crippen molar-refractivity contribution in [3.8, 4) is 5.75 Å². The standard InChI is InChI=1S/C18H18BF3O/c1-11-2-6-14(7-3-11)23-16-9-4-12-10-13(19)5-8-15(12)17(16)18(20,21)22/h4-5,8-11,14H,2-3,6-7H2,1H3. The Morgan fingerprint density at radius 1 is 1.04 bits per heavy atom. The fraction of sp³-hybridized carbons (Fsp3) is 0.444. The maximum Gasteiger partial charge on any atom is 0.420 e. The molecule has 0 saturated heterocycles. The molecular weight excluding hydrogens is 300 g/mol. The summed E-state index contributed by atoms with van der Waals surface area (Å²) in [4.78, 5) is 0. The molecule has 23 heavy (non-hydrogen) atoms. The van der Waals surface area contributed by atoms with Crippen LogP contribution in [0.25, 0.3) is 10.8 Å². The van der Waals surface area contributed by atoms with Crippen LogP contribution in [0, 0.1) is 5.92 Å². The van der Waals surface area contributed by atoms with Crippen molar-refractivity contribution in [3.05, 3.63) is 35.9 Å². The number of halogens is 3. The van der Waals surface area contributed by atoms with Crippen LogP contribution in [-0.2, 0) is 6.18 Å². The molecule has 2 radical (unpaired) electrons. The molecule has 120 valence electrons. The van der Waals surface area contributed by atoms with Crippen molar-refractivity contribution in [2.45, 2.75) is 44.9 Å². The van der Waals surface area contributed by atoms with E-state index in [4.69, 9.17) is 12.6 Å². The van der Waals surface area contributed by atoms with Gasteiger partial charge in [-0.1, -0.05) is 36.7 Å². The van der Waals surface area contributed by atoms with Crippen LogP contribution in [0.1, 0.15) is 38.2 Å². The molecule has 0 heterocycles. The van der Waals surface area contributed by atoms with Crippen LogP contribution in [0.4, 0.5) is 13.2 Å². The fourth-order valence-electron chi connectivity index (χ4n) is 3.25. The van der Waals surface area contributed by atoms with Crippen LogP contribution in [0.3, 0.4) is 0 Å². The summed E-state index contributed by atoms with van der Waals surface area (Å²) in [5.74, 6) is 0.547. The van der Waals surface area contributed by atoms with Crippen LogP contribution >= 0.6 is 0 Å². The van der Waals surface area contributed by atoms with Gasteiger partial charge in [-0.15, -0.1) is 0 Å². The number of benzene rings is 2. The fourth-order valence-corrected chi connectivity index (χ4v) is 3.25. The summed E-state index contributed by atoms with van der Waals surface area (Å²) >= 11 is 0. The summed E-state index contributed by atoms with van der Waals surface area (Å²) < 4.78 is 46.5. The van der Waals surface area contributed by atoms with E-state index < -0.39 is 11.7 Å². The molecule has 0 N–H and O–H groups in total. The van der Waals surface area contributed by atoms with Crippen molar-refractivity contribution < 1.29 is 17.9 Å². The lowest BCUT2D eigenvalue weighted by Gasteiger charge is -2.28. The van der Waals surface area contributed by atoms with Gasteiger partial charge in [-0.05, 0) is 48.4 Å². The number of hydrogen-bond acceptors (Lipinski definition) is 1. The third kappa shape index (κ3) is 3.49. The van der Waals surface area contributed by atoms with E-state index >= 15 is 0 Å². The summed E-state index contributed by atoms with van der Waals surface area (Å²) in [5, 5.41) is 0.607. The number of rotatable bonds is 2. The largest absolute Gasteiger partial charge is 0.490 e. The van der Waals surface area contributed by atoms with Crippen LogP contribution in [-0.4, -0.2) is 14.0 Å². The van der Waals surface area contributed by atoms with E-state index in [2.05, 4.69) is 6.92 Å². The highest BCUT2D eigenvalue weighted by atomic mass is 19.4. The molecule has 1 aliphatic carbocycles. The Morgan fingerprint density at radius 2 is 1.74 bits per heavy atom. The Morgan fingerprint density at radius 3 is 2.39 bits per heavy atom. The van der Waals surface area contributed by atoms with E-state index in [0.29, 0.717) is 16.8 Å². The lowest BCUT2D eigenvalue weighted by Crippen LogP contribution is -2.24. The second-order valence-corrected chi connectivity index (χ2v) is 6.42. The second kappa shape index (κ2) is 6.10. The van der Waals surface area contributed by atoms with E-state index in [-0.39, 0.29) is 17.2 Å². The average Bonchev–Trinajstić information content (AvgIpc) is 2.48. The van der Waals surface area contributed by atoms with Gasteiger partial charge in [0.25, 0.3) is 0 Å². The van der Waals surface area contributed by atoms with E-state index in [1.54, 1.807) is 12.1 Å². The zero-order chi connectivity index (χ0) is 16.6. The van der Waals surface area contributed by atoms with Crippen molar-refractivity contribution in [1.82, 2.24) is 0 Å². The predicted molar refractivity (Wildman–Crippen MR) is 86.4 cm³/mol. The lowest BCUT2D eigenvalue weighted by molar-refractivity contribution is -0.138. The zero-order valence-electron chi connectivity index (χ0n) is 13.0. The molecule has 1 aliphatic rings.